The maximum atomic E-state index is 4.16. The molecule has 0 saturated carbocycles. The first-order chi connectivity index (χ1) is 7.93. The molecule has 2 heterocycles. The van der Waals surface area contributed by atoms with Gasteiger partial charge in [-0.25, -0.2) is 4.98 Å². The number of H-pyrrole nitrogens is 2. The molecule has 3 N–H and O–H groups in total. The molecular weight excluding hydrogens is 202 g/mol. The number of rotatable bonds is 3. The van der Waals surface area contributed by atoms with E-state index < -0.39 is 0 Å². The van der Waals surface area contributed by atoms with Crippen molar-refractivity contribution in [1.82, 2.24) is 20.2 Å². The minimum absolute atomic E-state index is 0.672. The van der Waals surface area contributed by atoms with Gasteiger partial charge in [-0.05, 0) is 6.07 Å². The highest BCUT2D eigenvalue weighted by Gasteiger charge is 2.02. The Bertz CT molecular complexity index is 581. The number of aromatic nitrogens is 4. The number of benzene rings is 1. The third-order valence-electron chi connectivity index (χ3n) is 2.48. The molecule has 5 nitrogen and oxygen atoms in total. The number of nitrogens with one attached hydrogen (secondary N) is 3. The average molecular weight is 213 g/mol. The first-order valence-corrected chi connectivity index (χ1v) is 5.08. The van der Waals surface area contributed by atoms with Crippen molar-refractivity contribution in [3.05, 3.63) is 42.6 Å². The maximum absolute atomic E-state index is 4.16. The monoisotopic (exact) mass is 213 g/mol. The maximum Gasteiger partial charge on any atom is 0.125 e. The number of hydrogen-bond donors (Lipinski definition) is 3. The summed E-state index contributed by atoms with van der Waals surface area (Å²) in [4.78, 5) is 7.20. The Balaban J connectivity index is 1.86. The highest BCUT2D eigenvalue weighted by molar-refractivity contribution is 5.89. The molecule has 0 unspecified atom stereocenters. The second-order valence-corrected chi connectivity index (χ2v) is 3.53. The number of para-hydroxylation sites is 1. The van der Waals surface area contributed by atoms with E-state index in [4.69, 9.17) is 0 Å². The summed E-state index contributed by atoms with van der Waals surface area (Å²) in [6.07, 6.45) is 5.37. The van der Waals surface area contributed by atoms with Crippen LogP contribution in [0.3, 0.4) is 0 Å². The highest BCUT2D eigenvalue weighted by Crippen LogP contribution is 2.20. The van der Waals surface area contributed by atoms with Crippen molar-refractivity contribution in [2.75, 3.05) is 5.32 Å². The van der Waals surface area contributed by atoms with Gasteiger partial charge < -0.3 is 10.3 Å². The van der Waals surface area contributed by atoms with Gasteiger partial charge in [0, 0.05) is 17.8 Å². The molecule has 0 fully saturated rings. The SMILES string of the molecule is c1cc(NCc2ncc[nH]2)c2[nH]ncc2c1. The Morgan fingerprint density at radius 3 is 3.19 bits per heavy atom. The van der Waals surface area contributed by atoms with Crippen LogP contribution < -0.4 is 5.32 Å². The van der Waals surface area contributed by atoms with Gasteiger partial charge in [-0.3, -0.25) is 5.10 Å². The fourth-order valence-electron chi connectivity index (χ4n) is 1.69. The van der Waals surface area contributed by atoms with Gasteiger partial charge in [0.2, 0.25) is 0 Å². The summed E-state index contributed by atoms with van der Waals surface area (Å²) in [6.45, 7) is 0.672. The van der Waals surface area contributed by atoms with E-state index in [1.165, 1.54) is 0 Å². The van der Waals surface area contributed by atoms with E-state index in [2.05, 4.69) is 25.5 Å². The van der Waals surface area contributed by atoms with E-state index >= 15 is 0 Å². The lowest BCUT2D eigenvalue weighted by atomic mass is 10.2. The first-order valence-electron chi connectivity index (χ1n) is 5.08. The molecule has 3 rings (SSSR count). The quantitative estimate of drug-likeness (QED) is 0.622. The number of hydrogen-bond acceptors (Lipinski definition) is 3. The minimum atomic E-state index is 0.672. The zero-order chi connectivity index (χ0) is 10.8. The van der Waals surface area contributed by atoms with Gasteiger partial charge in [-0.2, -0.15) is 5.10 Å². The van der Waals surface area contributed by atoms with Crippen molar-refractivity contribution in [2.45, 2.75) is 6.54 Å². The summed E-state index contributed by atoms with van der Waals surface area (Å²) < 4.78 is 0. The summed E-state index contributed by atoms with van der Waals surface area (Å²) in [6, 6.07) is 6.04. The number of imidazole rings is 1. The average Bonchev–Trinajstić information content (AvgIpc) is 2.97. The van der Waals surface area contributed by atoms with E-state index in [0.717, 1.165) is 22.4 Å². The molecule has 0 atom stereocenters. The molecule has 5 heteroatoms. The lowest BCUT2D eigenvalue weighted by molar-refractivity contribution is 1.000. The van der Waals surface area contributed by atoms with E-state index in [-0.39, 0.29) is 0 Å². The molecule has 3 aromatic rings. The summed E-state index contributed by atoms with van der Waals surface area (Å²) >= 11 is 0. The van der Waals surface area contributed by atoms with Gasteiger partial charge in [0.25, 0.3) is 0 Å². The van der Waals surface area contributed by atoms with E-state index in [9.17, 15) is 0 Å². The molecule has 0 spiro atoms. The van der Waals surface area contributed by atoms with Crippen molar-refractivity contribution < 1.29 is 0 Å². The number of fused-ring (bicyclic) bond motifs is 1. The molecule has 16 heavy (non-hydrogen) atoms. The van der Waals surface area contributed by atoms with Gasteiger partial charge in [0.1, 0.15) is 5.82 Å². The number of anilines is 1. The molecule has 2 aromatic heterocycles. The fourth-order valence-corrected chi connectivity index (χ4v) is 1.69. The molecule has 0 aliphatic rings. The lowest BCUT2D eigenvalue weighted by Crippen LogP contribution is -2.01. The van der Waals surface area contributed by atoms with Crippen molar-refractivity contribution >= 4 is 16.6 Å². The molecule has 0 aliphatic heterocycles. The van der Waals surface area contributed by atoms with Gasteiger partial charge >= 0.3 is 0 Å². The van der Waals surface area contributed by atoms with Crippen LogP contribution in [0.4, 0.5) is 5.69 Å². The van der Waals surface area contributed by atoms with Crippen LogP contribution in [0.25, 0.3) is 10.9 Å². The van der Waals surface area contributed by atoms with Crippen molar-refractivity contribution in [3.63, 3.8) is 0 Å². The fraction of sp³-hybridized carbons (Fsp3) is 0.0909. The largest absolute Gasteiger partial charge is 0.376 e. The van der Waals surface area contributed by atoms with Crippen LogP contribution >= 0.6 is 0 Å². The summed E-state index contributed by atoms with van der Waals surface area (Å²) in [7, 11) is 0. The molecule has 1 aromatic carbocycles. The molecular formula is C11H11N5. The van der Waals surface area contributed by atoms with Gasteiger partial charge in [0.05, 0.1) is 23.9 Å². The third-order valence-corrected chi connectivity index (χ3v) is 2.48. The second kappa shape index (κ2) is 3.69. The van der Waals surface area contributed by atoms with Gasteiger partial charge in [-0.1, -0.05) is 12.1 Å². The Kier molecular flexibility index (Phi) is 2.07. The first kappa shape index (κ1) is 8.96. The Labute approximate surface area is 91.9 Å². The lowest BCUT2D eigenvalue weighted by Gasteiger charge is -2.05. The second-order valence-electron chi connectivity index (χ2n) is 3.53. The Morgan fingerprint density at radius 1 is 1.31 bits per heavy atom. The van der Waals surface area contributed by atoms with Crippen molar-refractivity contribution in [2.24, 2.45) is 0 Å². The number of nitrogens with zero attached hydrogens (tertiary/aromatic N) is 2. The van der Waals surface area contributed by atoms with Gasteiger partial charge in [0.15, 0.2) is 0 Å². The minimum Gasteiger partial charge on any atom is -0.376 e. The zero-order valence-electron chi connectivity index (χ0n) is 8.57. The highest BCUT2D eigenvalue weighted by atomic mass is 15.1. The smallest absolute Gasteiger partial charge is 0.125 e. The third kappa shape index (κ3) is 1.52. The van der Waals surface area contributed by atoms with E-state index in [1.54, 1.807) is 6.20 Å². The Morgan fingerprint density at radius 2 is 2.31 bits per heavy atom. The summed E-state index contributed by atoms with van der Waals surface area (Å²) in [5.41, 5.74) is 2.06. The molecule has 0 radical (unpaired) electrons. The van der Waals surface area contributed by atoms with Crippen LogP contribution in [0.15, 0.2) is 36.8 Å². The molecule has 0 amide bonds. The zero-order valence-corrected chi connectivity index (χ0v) is 8.57. The summed E-state index contributed by atoms with van der Waals surface area (Å²) in [5.74, 6) is 0.913. The normalized spacial score (nSPS) is 10.8. The van der Waals surface area contributed by atoms with Crippen LogP contribution in [0.2, 0.25) is 0 Å². The van der Waals surface area contributed by atoms with E-state index in [0.29, 0.717) is 6.54 Å². The van der Waals surface area contributed by atoms with E-state index in [1.807, 2.05) is 30.6 Å². The van der Waals surface area contributed by atoms with Crippen molar-refractivity contribution in [3.8, 4) is 0 Å². The molecule has 0 saturated heterocycles. The van der Waals surface area contributed by atoms with Crippen LogP contribution in [0.1, 0.15) is 5.82 Å². The molecule has 80 valence electrons. The summed E-state index contributed by atoms with van der Waals surface area (Å²) in [5, 5.41) is 11.4. The topological polar surface area (TPSA) is 69.4 Å². The van der Waals surface area contributed by atoms with Crippen LogP contribution in [-0.4, -0.2) is 20.2 Å². The predicted molar refractivity (Wildman–Crippen MR) is 62.0 cm³/mol. The standard InChI is InChI=1S/C11H11N5/c1-2-8-6-15-16-11(8)9(3-1)14-7-10-12-4-5-13-10/h1-6,14H,7H2,(H,12,13)(H,15,16). The molecule has 0 aliphatic carbocycles. The van der Waals surface area contributed by atoms with Gasteiger partial charge in [-0.15, -0.1) is 0 Å². The van der Waals surface area contributed by atoms with Crippen LogP contribution in [0, 0.1) is 0 Å². The Hall–Kier alpha value is -2.30. The van der Waals surface area contributed by atoms with Crippen LogP contribution in [0.5, 0.6) is 0 Å². The molecule has 0 bridgehead atoms. The number of aromatic amines is 2. The predicted octanol–water partition coefficient (Wildman–Crippen LogP) is 1.90. The van der Waals surface area contributed by atoms with Crippen LogP contribution in [-0.2, 0) is 6.54 Å². The van der Waals surface area contributed by atoms with Crippen molar-refractivity contribution in [1.29, 1.82) is 0 Å².